The number of hydrogen-bond acceptors (Lipinski definition) is 4. The first-order chi connectivity index (χ1) is 6.57. The van der Waals surface area contributed by atoms with Crippen LogP contribution in [-0.2, 0) is 14.3 Å². The van der Waals surface area contributed by atoms with Gasteiger partial charge in [-0.1, -0.05) is 0 Å². The first kappa shape index (κ1) is 13.4. The molecular weight excluding hydrogens is 186 g/mol. The maximum atomic E-state index is 10.5. The highest BCUT2D eigenvalue weighted by molar-refractivity contribution is 5.72. The summed E-state index contributed by atoms with van der Waals surface area (Å²) in [5, 5.41) is 11.9. The van der Waals surface area contributed by atoms with Crippen molar-refractivity contribution in [2.75, 3.05) is 26.9 Å². The van der Waals surface area contributed by atoms with Gasteiger partial charge in [-0.25, -0.2) is 0 Å². The largest absolute Gasteiger partial charge is 0.391 e. The van der Waals surface area contributed by atoms with Crippen LogP contribution in [0.3, 0.4) is 0 Å². The Morgan fingerprint density at radius 1 is 1.57 bits per heavy atom. The van der Waals surface area contributed by atoms with Crippen LogP contribution >= 0.6 is 0 Å². The number of ether oxygens (including phenoxy) is 2. The molecule has 84 valence electrons. The lowest BCUT2D eigenvalue weighted by atomic mass is 10.2. The van der Waals surface area contributed by atoms with E-state index in [0.717, 1.165) is 0 Å². The van der Waals surface area contributed by atoms with Crippen LogP contribution in [0, 0.1) is 0 Å². The lowest BCUT2D eigenvalue weighted by Crippen LogP contribution is -2.34. The number of methoxy groups -OCH3 is 1. The van der Waals surface area contributed by atoms with Crippen molar-refractivity contribution in [2.24, 2.45) is 0 Å². The fourth-order valence-electron chi connectivity index (χ4n) is 0.928. The minimum absolute atomic E-state index is 0.0889. The second-order valence-corrected chi connectivity index (χ2v) is 3.09. The number of carbonyl (C=O) groups excluding carboxylic acids is 1. The molecule has 0 aromatic rings. The highest BCUT2D eigenvalue weighted by Crippen LogP contribution is 1.98. The Bertz CT molecular complexity index is 161. The third kappa shape index (κ3) is 6.82. The molecule has 14 heavy (non-hydrogen) atoms. The summed E-state index contributed by atoms with van der Waals surface area (Å²) < 4.78 is 10.2. The number of carbonyl (C=O) groups is 1. The Morgan fingerprint density at radius 3 is 2.64 bits per heavy atom. The third-order valence-electron chi connectivity index (χ3n) is 1.68. The fourth-order valence-corrected chi connectivity index (χ4v) is 0.928. The van der Waals surface area contributed by atoms with Gasteiger partial charge in [-0.15, -0.1) is 0 Å². The van der Waals surface area contributed by atoms with Crippen LogP contribution in [0.5, 0.6) is 0 Å². The Labute approximate surface area is 84.4 Å². The van der Waals surface area contributed by atoms with Crippen molar-refractivity contribution in [3.8, 4) is 0 Å². The van der Waals surface area contributed by atoms with Gasteiger partial charge in [0.1, 0.15) is 6.10 Å². The quantitative estimate of drug-likeness (QED) is 0.552. The van der Waals surface area contributed by atoms with Gasteiger partial charge in [-0.2, -0.15) is 0 Å². The topological polar surface area (TPSA) is 67.8 Å². The maximum absolute atomic E-state index is 10.5. The molecule has 5 heteroatoms. The van der Waals surface area contributed by atoms with Gasteiger partial charge in [0.2, 0.25) is 5.91 Å². The smallest absolute Gasteiger partial charge is 0.216 e. The second-order valence-electron chi connectivity index (χ2n) is 3.09. The molecule has 1 unspecified atom stereocenters. The summed E-state index contributed by atoms with van der Waals surface area (Å²) in [6.45, 7) is 4.25. The highest BCUT2D eigenvalue weighted by atomic mass is 16.5. The van der Waals surface area contributed by atoms with E-state index >= 15 is 0 Å². The molecule has 0 aliphatic rings. The van der Waals surface area contributed by atoms with Gasteiger partial charge in [0, 0.05) is 20.6 Å². The van der Waals surface area contributed by atoms with Gasteiger partial charge in [0.05, 0.1) is 19.3 Å². The van der Waals surface area contributed by atoms with Crippen LogP contribution in [-0.4, -0.2) is 50.1 Å². The molecule has 0 aromatic carbocycles. The monoisotopic (exact) mass is 205 g/mol. The van der Waals surface area contributed by atoms with Crippen molar-refractivity contribution in [3.05, 3.63) is 0 Å². The third-order valence-corrected chi connectivity index (χ3v) is 1.68. The molecule has 0 aromatic heterocycles. The van der Waals surface area contributed by atoms with Crippen molar-refractivity contribution < 1.29 is 19.4 Å². The van der Waals surface area contributed by atoms with E-state index < -0.39 is 6.10 Å². The van der Waals surface area contributed by atoms with Crippen LogP contribution in [0.4, 0.5) is 0 Å². The lowest BCUT2D eigenvalue weighted by Gasteiger charge is -2.19. The van der Waals surface area contributed by atoms with Crippen LogP contribution in [0.15, 0.2) is 0 Å². The Balaban J connectivity index is 3.55. The first-order valence-corrected chi connectivity index (χ1v) is 4.61. The van der Waals surface area contributed by atoms with Gasteiger partial charge in [-0.3, -0.25) is 4.79 Å². The Kier molecular flexibility index (Phi) is 7.37. The summed E-state index contributed by atoms with van der Waals surface area (Å²) in [5.74, 6) is -0.0889. The van der Waals surface area contributed by atoms with Crippen LogP contribution in [0.1, 0.15) is 13.8 Å². The van der Waals surface area contributed by atoms with Crippen LogP contribution in [0.25, 0.3) is 0 Å². The molecule has 0 rings (SSSR count). The predicted octanol–water partition coefficient (Wildman–Crippen LogP) is -0.465. The number of amides is 1. The van der Waals surface area contributed by atoms with Crippen molar-refractivity contribution >= 4 is 5.91 Å². The zero-order valence-electron chi connectivity index (χ0n) is 8.95. The molecule has 0 saturated carbocycles. The van der Waals surface area contributed by atoms with E-state index in [1.165, 1.54) is 6.92 Å². The summed E-state index contributed by atoms with van der Waals surface area (Å²) in [6, 6.07) is 0. The molecule has 0 aliphatic carbocycles. The lowest BCUT2D eigenvalue weighted by molar-refractivity contribution is -0.119. The SMILES string of the molecule is COCC(OCCNC(C)=O)[C@@H](C)O. The van der Waals surface area contributed by atoms with Crippen molar-refractivity contribution in [1.82, 2.24) is 5.32 Å². The zero-order chi connectivity index (χ0) is 11.0. The van der Waals surface area contributed by atoms with E-state index in [-0.39, 0.29) is 12.0 Å². The summed E-state index contributed by atoms with van der Waals surface area (Å²) in [5.41, 5.74) is 0. The van der Waals surface area contributed by atoms with E-state index in [1.807, 2.05) is 0 Å². The molecule has 2 N–H and O–H groups in total. The van der Waals surface area contributed by atoms with E-state index in [1.54, 1.807) is 14.0 Å². The summed E-state index contributed by atoms with van der Waals surface area (Å²) in [7, 11) is 1.55. The number of nitrogens with one attached hydrogen (secondary N) is 1. The molecule has 0 saturated heterocycles. The van der Waals surface area contributed by atoms with E-state index in [9.17, 15) is 9.90 Å². The summed E-state index contributed by atoms with van der Waals surface area (Å²) >= 11 is 0. The number of aliphatic hydroxyl groups is 1. The number of rotatable bonds is 7. The molecular formula is C9H19NO4. The second kappa shape index (κ2) is 7.73. The van der Waals surface area contributed by atoms with Gasteiger partial charge in [0.15, 0.2) is 0 Å². The first-order valence-electron chi connectivity index (χ1n) is 4.61. The van der Waals surface area contributed by atoms with Crippen LogP contribution < -0.4 is 5.32 Å². The van der Waals surface area contributed by atoms with E-state index in [0.29, 0.717) is 19.8 Å². The normalized spacial score (nSPS) is 14.9. The van der Waals surface area contributed by atoms with E-state index in [2.05, 4.69) is 5.32 Å². The molecule has 0 radical (unpaired) electrons. The van der Waals surface area contributed by atoms with Gasteiger partial charge < -0.3 is 19.9 Å². The minimum atomic E-state index is -0.577. The standard InChI is InChI=1S/C9H19NO4/c1-7(11)9(6-13-3)14-5-4-10-8(2)12/h7,9,11H,4-6H2,1-3H3,(H,10,12)/t7-,9?/m1/s1. The van der Waals surface area contributed by atoms with Crippen molar-refractivity contribution in [3.63, 3.8) is 0 Å². The molecule has 5 nitrogen and oxygen atoms in total. The van der Waals surface area contributed by atoms with Gasteiger partial charge in [-0.05, 0) is 6.92 Å². The molecule has 0 aliphatic heterocycles. The summed E-state index contributed by atoms with van der Waals surface area (Å²) in [6.07, 6.45) is -0.916. The number of hydrogen-bond donors (Lipinski definition) is 2. The Hall–Kier alpha value is -0.650. The van der Waals surface area contributed by atoms with Crippen molar-refractivity contribution in [1.29, 1.82) is 0 Å². The average molecular weight is 205 g/mol. The Morgan fingerprint density at radius 2 is 2.21 bits per heavy atom. The van der Waals surface area contributed by atoms with E-state index in [4.69, 9.17) is 9.47 Å². The fraction of sp³-hybridized carbons (Fsp3) is 0.889. The minimum Gasteiger partial charge on any atom is -0.391 e. The highest BCUT2D eigenvalue weighted by Gasteiger charge is 2.14. The average Bonchev–Trinajstić information content (AvgIpc) is 2.09. The molecule has 0 bridgehead atoms. The molecule has 1 amide bonds. The zero-order valence-corrected chi connectivity index (χ0v) is 8.95. The molecule has 0 fully saturated rings. The van der Waals surface area contributed by atoms with Gasteiger partial charge in [0.25, 0.3) is 0 Å². The number of aliphatic hydroxyl groups excluding tert-OH is 1. The maximum Gasteiger partial charge on any atom is 0.216 e. The molecule has 0 spiro atoms. The summed E-state index contributed by atoms with van der Waals surface area (Å²) in [4.78, 5) is 10.5. The van der Waals surface area contributed by atoms with Gasteiger partial charge >= 0.3 is 0 Å². The van der Waals surface area contributed by atoms with Crippen molar-refractivity contribution in [2.45, 2.75) is 26.1 Å². The molecule has 2 atom stereocenters. The van der Waals surface area contributed by atoms with Crippen LogP contribution in [0.2, 0.25) is 0 Å². The molecule has 0 heterocycles. The predicted molar refractivity (Wildman–Crippen MR) is 52.0 cm³/mol.